The van der Waals surface area contributed by atoms with Crippen molar-refractivity contribution in [3.63, 3.8) is 0 Å². The summed E-state index contributed by atoms with van der Waals surface area (Å²) in [4.78, 5) is 25.8. The van der Waals surface area contributed by atoms with Gasteiger partial charge in [-0.25, -0.2) is 0 Å². The normalized spacial score (nSPS) is 35.1. The topological polar surface area (TPSA) is 69.6 Å². The molecule has 3 unspecified atom stereocenters. The van der Waals surface area contributed by atoms with E-state index >= 15 is 0 Å². The lowest BCUT2D eigenvalue weighted by molar-refractivity contribution is -0.151. The summed E-state index contributed by atoms with van der Waals surface area (Å²) < 4.78 is 0. The number of hydrogen-bond donors (Lipinski definition) is 2. The van der Waals surface area contributed by atoms with Crippen molar-refractivity contribution in [1.82, 2.24) is 10.2 Å². The molecule has 0 radical (unpaired) electrons. The number of carboxylic acid groups (broad SMARTS) is 1. The molecule has 5 nitrogen and oxygen atoms in total. The molecule has 2 heterocycles. The zero-order valence-electron chi connectivity index (χ0n) is 12.0. The van der Waals surface area contributed by atoms with Crippen LogP contribution in [0, 0.1) is 17.3 Å². The Morgan fingerprint density at radius 2 is 2.11 bits per heavy atom. The quantitative estimate of drug-likeness (QED) is 0.799. The molecule has 0 aromatic rings. The molecule has 2 saturated heterocycles. The lowest BCUT2D eigenvalue weighted by Crippen LogP contribution is -2.43. The van der Waals surface area contributed by atoms with E-state index in [2.05, 4.69) is 5.32 Å². The Balaban J connectivity index is 2.09. The van der Waals surface area contributed by atoms with E-state index in [-0.39, 0.29) is 23.8 Å². The maximum Gasteiger partial charge on any atom is 0.311 e. The highest BCUT2D eigenvalue weighted by Gasteiger charge is 2.49. The molecule has 2 N–H and O–H groups in total. The lowest BCUT2D eigenvalue weighted by Gasteiger charge is -2.29. The summed E-state index contributed by atoms with van der Waals surface area (Å²) in [6.07, 6.45) is 1.43. The molecule has 0 aromatic heterocycles. The molecule has 1 amide bonds. The summed E-state index contributed by atoms with van der Waals surface area (Å²) in [6, 6.07) is 0.200. The van der Waals surface area contributed by atoms with Crippen molar-refractivity contribution in [2.75, 3.05) is 19.6 Å². The van der Waals surface area contributed by atoms with Crippen molar-refractivity contribution < 1.29 is 14.7 Å². The smallest absolute Gasteiger partial charge is 0.311 e. The molecule has 0 aliphatic carbocycles. The Morgan fingerprint density at radius 1 is 1.42 bits per heavy atom. The first-order valence-corrected chi connectivity index (χ1v) is 7.14. The Labute approximate surface area is 114 Å². The number of aliphatic carboxylic acids is 1. The fourth-order valence-corrected chi connectivity index (χ4v) is 3.34. The van der Waals surface area contributed by atoms with Gasteiger partial charge in [-0.1, -0.05) is 13.8 Å². The fraction of sp³-hybridized carbons (Fsp3) is 0.857. The second-order valence-corrected chi connectivity index (χ2v) is 6.26. The van der Waals surface area contributed by atoms with E-state index in [9.17, 15) is 14.7 Å². The molecule has 0 spiro atoms. The number of carbonyl (C=O) groups excluding carboxylic acids is 1. The Hall–Kier alpha value is -1.10. The van der Waals surface area contributed by atoms with Gasteiger partial charge in [0.1, 0.15) is 0 Å². The molecular weight excluding hydrogens is 244 g/mol. The van der Waals surface area contributed by atoms with Crippen LogP contribution >= 0.6 is 0 Å². The summed E-state index contributed by atoms with van der Waals surface area (Å²) in [6.45, 7) is 7.70. The van der Waals surface area contributed by atoms with E-state index in [1.807, 2.05) is 20.8 Å². The number of carboxylic acids is 1. The first-order valence-electron chi connectivity index (χ1n) is 7.14. The second kappa shape index (κ2) is 5.12. The molecule has 2 fully saturated rings. The molecule has 2 aliphatic heterocycles. The van der Waals surface area contributed by atoms with Gasteiger partial charge in [0.25, 0.3) is 0 Å². The average molecular weight is 268 g/mol. The van der Waals surface area contributed by atoms with Crippen LogP contribution in [0.25, 0.3) is 0 Å². The Morgan fingerprint density at radius 3 is 2.53 bits per heavy atom. The number of hydrogen-bond acceptors (Lipinski definition) is 3. The van der Waals surface area contributed by atoms with Gasteiger partial charge in [0.05, 0.1) is 11.3 Å². The van der Waals surface area contributed by atoms with Gasteiger partial charge in [0, 0.05) is 19.1 Å². The van der Waals surface area contributed by atoms with E-state index in [4.69, 9.17) is 0 Å². The average Bonchev–Trinajstić information content (AvgIpc) is 2.94. The molecule has 2 aliphatic rings. The predicted octanol–water partition coefficient (Wildman–Crippen LogP) is 0.944. The van der Waals surface area contributed by atoms with Crippen LogP contribution in [0.1, 0.15) is 33.6 Å². The van der Waals surface area contributed by atoms with Gasteiger partial charge in [-0.2, -0.15) is 0 Å². The third-order valence-corrected chi connectivity index (χ3v) is 4.99. The van der Waals surface area contributed by atoms with Crippen molar-refractivity contribution in [2.24, 2.45) is 17.3 Å². The second-order valence-electron chi connectivity index (χ2n) is 6.26. The van der Waals surface area contributed by atoms with E-state index in [0.29, 0.717) is 19.5 Å². The minimum atomic E-state index is -0.768. The largest absolute Gasteiger partial charge is 0.481 e. The van der Waals surface area contributed by atoms with Gasteiger partial charge >= 0.3 is 5.97 Å². The Kier molecular flexibility index (Phi) is 3.85. The summed E-state index contributed by atoms with van der Waals surface area (Å²) in [7, 11) is 0. The van der Waals surface area contributed by atoms with Crippen LogP contribution in [0.4, 0.5) is 0 Å². The fourth-order valence-electron chi connectivity index (χ4n) is 3.34. The number of nitrogens with zero attached hydrogens (tertiary/aromatic N) is 1. The van der Waals surface area contributed by atoms with Crippen molar-refractivity contribution in [2.45, 2.75) is 39.7 Å². The van der Waals surface area contributed by atoms with Gasteiger partial charge in [0.15, 0.2) is 0 Å². The molecule has 19 heavy (non-hydrogen) atoms. The number of likely N-dealkylation sites (tertiary alicyclic amines) is 1. The highest BCUT2D eigenvalue weighted by molar-refractivity contribution is 5.83. The van der Waals surface area contributed by atoms with Crippen molar-refractivity contribution in [3.8, 4) is 0 Å². The third kappa shape index (κ3) is 2.36. The van der Waals surface area contributed by atoms with E-state index < -0.39 is 11.4 Å². The zero-order chi connectivity index (χ0) is 14.2. The van der Waals surface area contributed by atoms with Gasteiger partial charge < -0.3 is 15.3 Å². The van der Waals surface area contributed by atoms with Crippen LogP contribution in [0.5, 0.6) is 0 Å². The standard InChI is InChI=1S/C14H24N2O3/c1-9(2)14(13(18)19)5-7-16(8-14)12(17)11-4-6-15-10(11)3/h9-11,15H,4-8H2,1-3H3,(H,18,19). The molecule has 0 bridgehead atoms. The number of carbonyl (C=O) groups is 2. The van der Waals surface area contributed by atoms with Crippen LogP contribution in [0.15, 0.2) is 0 Å². The number of nitrogens with one attached hydrogen (secondary N) is 1. The van der Waals surface area contributed by atoms with Gasteiger partial charge in [0.2, 0.25) is 5.91 Å². The number of rotatable bonds is 3. The van der Waals surface area contributed by atoms with Crippen LogP contribution in [0.2, 0.25) is 0 Å². The molecule has 5 heteroatoms. The first kappa shape index (κ1) is 14.3. The van der Waals surface area contributed by atoms with Crippen molar-refractivity contribution in [3.05, 3.63) is 0 Å². The van der Waals surface area contributed by atoms with Crippen LogP contribution in [-0.4, -0.2) is 47.6 Å². The summed E-state index contributed by atoms with van der Waals surface area (Å²) in [5, 5.41) is 12.8. The van der Waals surface area contributed by atoms with Gasteiger partial charge in [-0.15, -0.1) is 0 Å². The zero-order valence-corrected chi connectivity index (χ0v) is 12.0. The maximum atomic E-state index is 12.5. The van der Waals surface area contributed by atoms with Gasteiger partial charge in [-0.3, -0.25) is 9.59 Å². The maximum absolute atomic E-state index is 12.5. The van der Waals surface area contributed by atoms with Crippen molar-refractivity contribution >= 4 is 11.9 Å². The molecule has 3 atom stereocenters. The molecule has 2 rings (SSSR count). The van der Waals surface area contributed by atoms with E-state index in [1.165, 1.54) is 0 Å². The van der Waals surface area contributed by atoms with E-state index in [1.54, 1.807) is 4.90 Å². The van der Waals surface area contributed by atoms with Crippen LogP contribution < -0.4 is 5.32 Å². The van der Waals surface area contributed by atoms with Crippen molar-refractivity contribution in [1.29, 1.82) is 0 Å². The lowest BCUT2D eigenvalue weighted by atomic mass is 9.76. The highest BCUT2D eigenvalue weighted by Crippen LogP contribution is 2.39. The molecule has 0 aromatic carbocycles. The highest BCUT2D eigenvalue weighted by atomic mass is 16.4. The first-order chi connectivity index (χ1) is 8.88. The number of amides is 1. The molecule has 0 saturated carbocycles. The van der Waals surface area contributed by atoms with Crippen LogP contribution in [-0.2, 0) is 9.59 Å². The SMILES string of the molecule is CC1NCCC1C(=O)N1CCC(C(=O)O)(C(C)C)C1. The summed E-state index contributed by atoms with van der Waals surface area (Å²) in [5.74, 6) is -0.588. The summed E-state index contributed by atoms with van der Waals surface area (Å²) >= 11 is 0. The predicted molar refractivity (Wildman–Crippen MR) is 71.7 cm³/mol. The minimum absolute atomic E-state index is 0.0109. The monoisotopic (exact) mass is 268 g/mol. The summed E-state index contributed by atoms with van der Waals surface area (Å²) in [5.41, 5.74) is -0.759. The third-order valence-electron chi connectivity index (χ3n) is 4.99. The molecule has 108 valence electrons. The van der Waals surface area contributed by atoms with Gasteiger partial charge in [-0.05, 0) is 32.2 Å². The Bertz CT molecular complexity index is 383. The molecular formula is C14H24N2O3. The van der Waals surface area contributed by atoms with E-state index in [0.717, 1.165) is 13.0 Å². The minimum Gasteiger partial charge on any atom is -0.481 e. The van der Waals surface area contributed by atoms with Crippen LogP contribution in [0.3, 0.4) is 0 Å².